The summed E-state index contributed by atoms with van der Waals surface area (Å²) >= 11 is 0. The van der Waals surface area contributed by atoms with Gasteiger partial charge in [0.25, 0.3) is 0 Å². The first-order chi connectivity index (χ1) is 6.11. The molecule has 0 saturated heterocycles. The Morgan fingerprint density at radius 1 is 1.46 bits per heavy atom. The monoisotopic (exact) mass is 182 g/mol. The molecule has 0 fully saturated rings. The van der Waals surface area contributed by atoms with Crippen LogP contribution in [0, 0.1) is 5.82 Å². The number of primary amides is 1. The molecule has 0 aliphatic rings. The largest absolute Gasteiger partial charge is 0.368 e. The third-order valence-corrected chi connectivity index (χ3v) is 1.76. The van der Waals surface area contributed by atoms with Gasteiger partial charge < -0.3 is 11.5 Å². The van der Waals surface area contributed by atoms with Crippen molar-refractivity contribution in [2.24, 2.45) is 11.5 Å². The Balaban J connectivity index is 2.74. The average molecular weight is 182 g/mol. The lowest BCUT2D eigenvalue weighted by Gasteiger charge is -2.07. The van der Waals surface area contributed by atoms with Gasteiger partial charge in [-0.1, -0.05) is 18.2 Å². The summed E-state index contributed by atoms with van der Waals surface area (Å²) in [5.41, 5.74) is 10.7. The first-order valence-electron chi connectivity index (χ1n) is 3.89. The summed E-state index contributed by atoms with van der Waals surface area (Å²) in [6.07, 6.45) is 0.141. The van der Waals surface area contributed by atoms with Crippen molar-refractivity contribution >= 4 is 5.91 Å². The van der Waals surface area contributed by atoms with Gasteiger partial charge in [-0.15, -0.1) is 0 Å². The quantitative estimate of drug-likeness (QED) is 0.700. The normalized spacial score (nSPS) is 12.5. The van der Waals surface area contributed by atoms with E-state index in [-0.39, 0.29) is 12.2 Å². The minimum atomic E-state index is -0.822. The molecule has 3 nitrogen and oxygen atoms in total. The highest BCUT2D eigenvalue weighted by molar-refractivity contribution is 5.79. The molecule has 0 radical (unpaired) electrons. The van der Waals surface area contributed by atoms with Crippen LogP contribution in [0.15, 0.2) is 24.3 Å². The molecule has 4 heteroatoms. The van der Waals surface area contributed by atoms with Crippen molar-refractivity contribution in [2.45, 2.75) is 12.5 Å². The van der Waals surface area contributed by atoms with E-state index in [1.165, 1.54) is 6.07 Å². The van der Waals surface area contributed by atoms with Gasteiger partial charge in [0, 0.05) is 0 Å². The molecule has 70 valence electrons. The molecule has 0 aliphatic carbocycles. The Morgan fingerprint density at radius 3 is 2.62 bits per heavy atom. The van der Waals surface area contributed by atoms with E-state index in [2.05, 4.69) is 0 Å². The molecule has 1 amide bonds. The standard InChI is InChI=1S/C9H11FN2O/c10-7-4-2-1-3-6(7)5-8(11)9(12)13/h1-4,8H,5,11H2,(H2,12,13). The van der Waals surface area contributed by atoms with Crippen LogP contribution in [0.5, 0.6) is 0 Å². The van der Waals surface area contributed by atoms with Crippen molar-refractivity contribution in [3.8, 4) is 0 Å². The number of hydrogen-bond donors (Lipinski definition) is 2. The molecular weight excluding hydrogens is 171 g/mol. The zero-order chi connectivity index (χ0) is 9.84. The number of carbonyl (C=O) groups is 1. The Kier molecular flexibility index (Phi) is 2.97. The van der Waals surface area contributed by atoms with Crippen molar-refractivity contribution in [2.75, 3.05) is 0 Å². The summed E-state index contributed by atoms with van der Waals surface area (Å²) in [7, 11) is 0. The second-order valence-electron chi connectivity index (χ2n) is 2.80. The summed E-state index contributed by atoms with van der Waals surface area (Å²) in [6.45, 7) is 0. The summed E-state index contributed by atoms with van der Waals surface area (Å²) in [4.78, 5) is 10.6. The molecule has 0 saturated carbocycles. The fourth-order valence-corrected chi connectivity index (χ4v) is 1.00. The maximum absolute atomic E-state index is 13.0. The second-order valence-corrected chi connectivity index (χ2v) is 2.80. The maximum Gasteiger partial charge on any atom is 0.234 e. The predicted molar refractivity (Wildman–Crippen MR) is 47.3 cm³/mol. The highest BCUT2D eigenvalue weighted by atomic mass is 19.1. The Hall–Kier alpha value is -1.42. The van der Waals surface area contributed by atoms with E-state index in [4.69, 9.17) is 11.5 Å². The van der Waals surface area contributed by atoms with Crippen LogP contribution in [0.4, 0.5) is 4.39 Å². The van der Waals surface area contributed by atoms with E-state index in [9.17, 15) is 9.18 Å². The van der Waals surface area contributed by atoms with Crippen LogP contribution in [-0.4, -0.2) is 11.9 Å². The number of amides is 1. The van der Waals surface area contributed by atoms with Gasteiger partial charge in [0.1, 0.15) is 5.82 Å². The van der Waals surface area contributed by atoms with Gasteiger partial charge in [0.2, 0.25) is 5.91 Å². The highest BCUT2D eigenvalue weighted by Gasteiger charge is 2.11. The average Bonchev–Trinajstić information content (AvgIpc) is 2.08. The number of nitrogens with two attached hydrogens (primary N) is 2. The number of rotatable bonds is 3. The molecule has 1 rings (SSSR count). The molecule has 1 aromatic rings. The van der Waals surface area contributed by atoms with Gasteiger partial charge in [-0.3, -0.25) is 4.79 Å². The molecule has 0 spiro atoms. The van der Waals surface area contributed by atoms with Crippen LogP contribution in [-0.2, 0) is 11.2 Å². The Morgan fingerprint density at radius 2 is 2.08 bits per heavy atom. The molecule has 1 aromatic carbocycles. The summed E-state index contributed by atoms with van der Waals surface area (Å²) in [5, 5.41) is 0. The lowest BCUT2D eigenvalue weighted by Crippen LogP contribution is -2.38. The summed E-state index contributed by atoms with van der Waals surface area (Å²) in [5.74, 6) is -0.984. The van der Waals surface area contributed by atoms with Gasteiger partial charge in [0.15, 0.2) is 0 Å². The van der Waals surface area contributed by atoms with Crippen LogP contribution in [0.3, 0.4) is 0 Å². The van der Waals surface area contributed by atoms with Gasteiger partial charge in [-0.05, 0) is 18.1 Å². The predicted octanol–water partition coefficient (Wildman–Crippen LogP) is 0.181. The van der Waals surface area contributed by atoms with E-state index < -0.39 is 11.9 Å². The molecule has 1 unspecified atom stereocenters. The van der Waals surface area contributed by atoms with Crippen LogP contribution in [0.1, 0.15) is 5.56 Å². The van der Waals surface area contributed by atoms with Crippen LogP contribution < -0.4 is 11.5 Å². The molecule has 0 aromatic heterocycles. The first-order valence-corrected chi connectivity index (χ1v) is 3.89. The number of carbonyl (C=O) groups excluding carboxylic acids is 1. The molecule has 13 heavy (non-hydrogen) atoms. The zero-order valence-electron chi connectivity index (χ0n) is 7.03. The van der Waals surface area contributed by atoms with Gasteiger partial charge >= 0.3 is 0 Å². The highest BCUT2D eigenvalue weighted by Crippen LogP contribution is 2.07. The SMILES string of the molecule is NC(=O)C(N)Cc1ccccc1F. The fraction of sp³-hybridized carbons (Fsp3) is 0.222. The first kappa shape index (κ1) is 9.67. The maximum atomic E-state index is 13.0. The lowest BCUT2D eigenvalue weighted by atomic mass is 10.1. The Bertz CT molecular complexity index is 314. The topological polar surface area (TPSA) is 69.1 Å². The lowest BCUT2D eigenvalue weighted by molar-refractivity contribution is -0.119. The zero-order valence-corrected chi connectivity index (χ0v) is 7.03. The smallest absolute Gasteiger partial charge is 0.234 e. The molecular formula is C9H11FN2O. The van der Waals surface area contributed by atoms with Gasteiger partial charge in [-0.2, -0.15) is 0 Å². The van der Waals surface area contributed by atoms with Crippen LogP contribution in [0.25, 0.3) is 0 Å². The summed E-state index contributed by atoms with van der Waals surface area (Å²) < 4.78 is 13.0. The van der Waals surface area contributed by atoms with Gasteiger partial charge in [-0.25, -0.2) is 4.39 Å². The van der Waals surface area contributed by atoms with E-state index in [1.807, 2.05) is 0 Å². The molecule has 0 heterocycles. The van der Waals surface area contributed by atoms with Crippen molar-refractivity contribution < 1.29 is 9.18 Å². The van der Waals surface area contributed by atoms with Crippen LogP contribution in [0.2, 0.25) is 0 Å². The second kappa shape index (κ2) is 4.00. The molecule has 0 aliphatic heterocycles. The molecule has 1 atom stereocenters. The minimum Gasteiger partial charge on any atom is -0.368 e. The Labute approximate surface area is 75.5 Å². The van der Waals surface area contributed by atoms with E-state index in [0.717, 1.165) is 0 Å². The van der Waals surface area contributed by atoms with E-state index in [1.54, 1.807) is 18.2 Å². The number of hydrogen-bond acceptors (Lipinski definition) is 2. The number of halogens is 1. The van der Waals surface area contributed by atoms with Crippen molar-refractivity contribution in [3.63, 3.8) is 0 Å². The van der Waals surface area contributed by atoms with Gasteiger partial charge in [0.05, 0.1) is 6.04 Å². The third-order valence-electron chi connectivity index (χ3n) is 1.76. The van der Waals surface area contributed by atoms with Crippen molar-refractivity contribution in [1.29, 1.82) is 0 Å². The van der Waals surface area contributed by atoms with Crippen LogP contribution >= 0.6 is 0 Å². The van der Waals surface area contributed by atoms with Crippen molar-refractivity contribution in [1.82, 2.24) is 0 Å². The summed E-state index contributed by atoms with van der Waals surface area (Å²) in [6, 6.07) is 5.35. The third kappa shape index (κ3) is 2.52. The van der Waals surface area contributed by atoms with Crippen molar-refractivity contribution in [3.05, 3.63) is 35.6 Å². The minimum absolute atomic E-state index is 0.141. The fourth-order valence-electron chi connectivity index (χ4n) is 1.00. The van der Waals surface area contributed by atoms with E-state index in [0.29, 0.717) is 5.56 Å². The molecule has 4 N–H and O–H groups in total. The van der Waals surface area contributed by atoms with E-state index >= 15 is 0 Å². The number of benzene rings is 1. The molecule has 0 bridgehead atoms.